The number of imidazole rings is 1. The number of aromatic nitrogens is 2. The summed E-state index contributed by atoms with van der Waals surface area (Å²) in [5.41, 5.74) is 2.60. The maximum Gasteiger partial charge on any atom is 0.243 e. The molecule has 0 saturated carbocycles. The molecule has 36 heavy (non-hydrogen) atoms. The van der Waals surface area contributed by atoms with Gasteiger partial charge in [0.15, 0.2) is 5.16 Å². The molecule has 11 heteroatoms. The summed E-state index contributed by atoms with van der Waals surface area (Å²) >= 11 is 1.59. The van der Waals surface area contributed by atoms with Crippen molar-refractivity contribution in [2.24, 2.45) is 0 Å². The Kier molecular flexibility index (Phi) is 9.13. The predicted octanol–water partition coefficient (Wildman–Crippen LogP) is 3.79. The lowest BCUT2D eigenvalue weighted by Crippen LogP contribution is -2.40. The van der Waals surface area contributed by atoms with Gasteiger partial charge in [0.1, 0.15) is 11.5 Å². The number of morpholine rings is 1. The van der Waals surface area contributed by atoms with E-state index in [1.54, 1.807) is 38.1 Å². The molecule has 0 N–H and O–H groups in total. The van der Waals surface area contributed by atoms with Crippen LogP contribution in [0.25, 0.3) is 11.0 Å². The lowest BCUT2D eigenvalue weighted by Gasteiger charge is -2.26. The molecule has 4 rings (SSSR count). The van der Waals surface area contributed by atoms with Crippen LogP contribution in [-0.2, 0) is 31.8 Å². The summed E-state index contributed by atoms with van der Waals surface area (Å²) in [4.78, 5) is 5.10. The minimum absolute atomic E-state index is 0.255. The summed E-state index contributed by atoms with van der Waals surface area (Å²) in [7, 11) is -0.341. The molecule has 1 aliphatic heterocycles. The zero-order valence-electron chi connectivity index (χ0n) is 20.9. The van der Waals surface area contributed by atoms with E-state index in [0.29, 0.717) is 50.8 Å². The number of sulfonamides is 1. The van der Waals surface area contributed by atoms with Gasteiger partial charge in [-0.05, 0) is 49.2 Å². The van der Waals surface area contributed by atoms with Gasteiger partial charge in [0.05, 0.1) is 43.4 Å². The molecule has 3 aromatic rings. The van der Waals surface area contributed by atoms with Crippen molar-refractivity contribution in [3.8, 4) is 11.5 Å². The lowest BCUT2D eigenvalue weighted by molar-refractivity contribution is 0.0730. The average molecular weight is 536 g/mol. The Morgan fingerprint density at radius 3 is 2.44 bits per heavy atom. The molecule has 0 bridgehead atoms. The summed E-state index contributed by atoms with van der Waals surface area (Å²) in [6, 6.07) is 11.0. The molecule has 0 amide bonds. The lowest BCUT2D eigenvalue weighted by atomic mass is 10.2. The fourth-order valence-corrected chi connectivity index (χ4v) is 6.48. The third-order valence-electron chi connectivity index (χ3n) is 5.95. The summed E-state index contributed by atoms with van der Waals surface area (Å²) in [5, 5.41) is 0.823. The number of rotatable bonds is 12. The molecular formula is C25H33N3O6S2. The normalized spacial score (nSPS) is 14.9. The van der Waals surface area contributed by atoms with Gasteiger partial charge in [-0.15, -0.1) is 0 Å². The molecule has 0 atom stereocenters. The molecule has 0 aliphatic carbocycles. The van der Waals surface area contributed by atoms with Gasteiger partial charge in [-0.1, -0.05) is 11.8 Å². The number of hydrogen-bond acceptors (Lipinski definition) is 8. The Morgan fingerprint density at radius 1 is 1.06 bits per heavy atom. The summed E-state index contributed by atoms with van der Waals surface area (Å²) in [5.74, 6) is 2.11. The number of nitrogens with zero attached hydrogens (tertiary/aromatic N) is 3. The van der Waals surface area contributed by atoms with E-state index in [9.17, 15) is 8.42 Å². The highest BCUT2D eigenvalue weighted by Crippen LogP contribution is 2.31. The first kappa shape index (κ1) is 26.7. The fraction of sp³-hybridized carbons (Fsp3) is 0.480. The number of thioether (sulfide) groups is 1. The van der Waals surface area contributed by atoms with Crippen molar-refractivity contribution in [1.82, 2.24) is 13.9 Å². The van der Waals surface area contributed by atoms with Gasteiger partial charge in [-0.2, -0.15) is 4.31 Å². The molecule has 2 heterocycles. The highest BCUT2D eigenvalue weighted by molar-refractivity contribution is 7.98. The number of hydrogen-bond donors (Lipinski definition) is 0. The third kappa shape index (κ3) is 6.15. The number of aryl methyl sites for hydroxylation is 1. The first-order valence-electron chi connectivity index (χ1n) is 12.0. The summed E-state index contributed by atoms with van der Waals surface area (Å²) in [6.07, 6.45) is 0.827. The largest absolute Gasteiger partial charge is 0.497 e. The van der Waals surface area contributed by atoms with Gasteiger partial charge in [0, 0.05) is 44.7 Å². The predicted molar refractivity (Wildman–Crippen MR) is 140 cm³/mol. The molecule has 1 aromatic heterocycles. The van der Waals surface area contributed by atoms with Crippen molar-refractivity contribution in [3.05, 3.63) is 42.0 Å². The highest BCUT2D eigenvalue weighted by Gasteiger charge is 2.27. The van der Waals surface area contributed by atoms with Crippen LogP contribution in [0.1, 0.15) is 18.9 Å². The fourth-order valence-electron chi connectivity index (χ4n) is 4.08. The van der Waals surface area contributed by atoms with Crippen molar-refractivity contribution in [2.45, 2.75) is 35.7 Å². The number of ether oxygens (including phenoxy) is 4. The molecule has 0 radical (unpaired) electrons. The van der Waals surface area contributed by atoms with Crippen LogP contribution in [0.3, 0.4) is 0 Å². The van der Waals surface area contributed by atoms with Gasteiger partial charge in [0.25, 0.3) is 0 Å². The van der Waals surface area contributed by atoms with Gasteiger partial charge >= 0.3 is 0 Å². The quantitative estimate of drug-likeness (QED) is 0.256. The van der Waals surface area contributed by atoms with Crippen molar-refractivity contribution < 1.29 is 27.4 Å². The standard InChI is InChI=1S/C25H33N3O6S2/c1-4-33-11-5-8-28-24-7-6-22(36(29,30)27-9-12-34-13-10-27)17-23(24)26-25(28)35-18-19-14-20(31-2)16-21(15-19)32-3/h6-7,14-17H,4-5,8-13,18H2,1-3H3. The van der Waals surface area contributed by atoms with E-state index in [1.807, 2.05) is 31.2 Å². The maximum atomic E-state index is 13.2. The minimum Gasteiger partial charge on any atom is -0.497 e. The molecule has 9 nitrogen and oxygen atoms in total. The molecular weight excluding hydrogens is 502 g/mol. The molecule has 196 valence electrons. The molecule has 1 aliphatic rings. The molecule has 0 spiro atoms. The van der Waals surface area contributed by atoms with Crippen LogP contribution in [0.2, 0.25) is 0 Å². The van der Waals surface area contributed by atoms with Gasteiger partial charge in [0.2, 0.25) is 10.0 Å². The van der Waals surface area contributed by atoms with Gasteiger partial charge < -0.3 is 23.5 Å². The first-order valence-corrected chi connectivity index (χ1v) is 14.4. The summed E-state index contributed by atoms with van der Waals surface area (Å²) in [6.45, 7) is 5.55. The Morgan fingerprint density at radius 2 is 1.78 bits per heavy atom. The smallest absolute Gasteiger partial charge is 0.243 e. The van der Waals surface area contributed by atoms with Crippen LogP contribution in [-0.4, -0.2) is 76.0 Å². The van der Waals surface area contributed by atoms with E-state index in [-0.39, 0.29) is 4.90 Å². The molecule has 1 saturated heterocycles. The highest BCUT2D eigenvalue weighted by atomic mass is 32.2. The van der Waals surface area contributed by atoms with Crippen molar-refractivity contribution in [2.75, 3.05) is 53.7 Å². The van der Waals surface area contributed by atoms with Crippen LogP contribution in [0.4, 0.5) is 0 Å². The van der Waals surface area contributed by atoms with E-state index < -0.39 is 10.0 Å². The van der Waals surface area contributed by atoms with Crippen LogP contribution >= 0.6 is 11.8 Å². The van der Waals surface area contributed by atoms with Crippen LogP contribution in [0, 0.1) is 0 Å². The van der Waals surface area contributed by atoms with Gasteiger partial charge in [-0.3, -0.25) is 0 Å². The Hall–Kier alpha value is -2.31. The number of benzene rings is 2. The molecule has 2 aromatic carbocycles. The number of methoxy groups -OCH3 is 2. The van der Waals surface area contributed by atoms with E-state index >= 15 is 0 Å². The Balaban J connectivity index is 1.63. The Labute approximate surface area is 216 Å². The van der Waals surface area contributed by atoms with Crippen LogP contribution in [0.15, 0.2) is 46.5 Å². The zero-order valence-corrected chi connectivity index (χ0v) is 22.6. The number of fused-ring (bicyclic) bond motifs is 1. The maximum absolute atomic E-state index is 13.2. The van der Waals surface area contributed by atoms with E-state index in [0.717, 1.165) is 40.7 Å². The molecule has 0 unspecified atom stereocenters. The first-order chi connectivity index (χ1) is 17.5. The molecule has 1 fully saturated rings. The van der Waals surface area contributed by atoms with Gasteiger partial charge in [-0.25, -0.2) is 13.4 Å². The van der Waals surface area contributed by atoms with Crippen molar-refractivity contribution >= 4 is 32.8 Å². The van der Waals surface area contributed by atoms with E-state index in [4.69, 9.17) is 23.9 Å². The average Bonchev–Trinajstić information content (AvgIpc) is 3.26. The van der Waals surface area contributed by atoms with E-state index in [1.165, 1.54) is 4.31 Å². The zero-order chi connectivity index (χ0) is 25.5. The third-order valence-corrected chi connectivity index (χ3v) is 8.89. The van der Waals surface area contributed by atoms with Crippen LogP contribution in [0.5, 0.6) is 11.5 Å². The van der Waals surface area contributed by atoms with Crippen molar-refractivity contribution in [3.63, 3.8) is 0 Å². The Bertz CT molecular complexity index is 1250. The second-order valence-corrected chi connectivity index (χ2v) is 11.2. The second kappa shape index (κ2) is 12.3. The van der Waals surface area contributed by atoms with Crippen molar-refractivity contribution in [1.29, 1.82) is 0 Å². The summed E-state index contributed by atoms with van der Waals surface area (Å²) < 4.78 is 51.6. The minimum atomic E-state index is -3.60. The second-order valence-electron chi connectivity index (χ2n) is 8.27. The topological polar surface area (TPSA) is 92.1 Å². The SMILES string of the molecule is CCOCCCn1c(SCc2cc(OC)cc(OC)c2)nc2cc(S(=O)(=O)N3CCOCC3)ccc21. The van der Waals surface area contributed by atoms with Crippen LogP contribution < -0.4 is 9.47 Å². The van der Waals surface area contributed by atoms with E-state index in [2.05, 4.69) is 4.57 Å². The monoisotopic (exact) mass is 535 g/mol.